The first-order valence-electron chi connectivity index (χ1n) is 15.5. The molecular weight excluding hydrogens is 612 g/mol. The lowest BCUT2D eigenvalue weighted by molar-refractivity contribution is 0.0641. The number of H-pyrrole nitrogens is 2. The van der Waals surface area contributed by atoms with Gasteiger partial charge in [0.05, 0.1) is 23.4 Å². The van der Waals surface area contributed by atoms with Crippen LogP contribution in [0.4, 0.5) is 9.59 Å². The van der Waals surface area contributed by atoms with Crippen LogP contribution < -0.4 is 14.2 Å². The second-order valence-electron chi connectivity index (χ2n) is 11.6. The lowest BCUT2D eigenvalue weighted by Crippen LogP contribution is -2.14. The number of hydrogen-bond donors (Lipinski definition) is 3. The molecule has 11 nitrogen and oxygen atoms in total. The van der Waals surface area contributed by atoms with Crippen molar-refractivity contribution in [1.82, 2.24) is 19.9 Å². The Hall–Kier alpha value is -6.10. The smallest absolute Gasteiger partial charge is 0.486 e. The number of carbonyl (C=O) groups excluding carboxylic acids is 1. The van der Waals surface area contributed by atoms with E-state index in [1.54, 1.807) is 19.3 Å². The van der Waals surface area contributed by atoms with Gasteiger partial charge in [0.2, 0.25) is 11.8 Å². The van der Waals surface area contributed by atoms with E-state index in [-0.39, 0.29) is 17.9 Å². The summed E-state index contributed by atoms with van der Waals surface area (Å²) in [5.74, 6) is 0.979. The van der Waals surface area contributed by atoms with Crippen LogP contribution in [-0.2, 0) is 11.2 Å². The average molecular weight is 645 g/mol. The minimum Gasteiger partial charge on any atom is -0.486 e. The Kier molecular flexibility index (Phi) is 7.80. The summed E-state index contributed by atoms with van der Waals surface area (Å²) in [5, 5.41) is 12.6. The Labute approximate surface area is 274 Å². The van der Waals surface area contributed by atoms with Gasteiger partial charge in [-0.3, -0.25) is 0 Å². The molecule has 11 heteroatoms. The van der Waals surface area contributed by atoms with Crippen LogP contribution in [-0.4, -0.2) is 37.4 Å². The van der Waals surface area contributed by atoms with Crippen LogP contribution in [0.5, 0.6) is 17.5 Å². The van der Waals surface area contributed by atoms with Gasteiger partial charge in [0.1, 0.15) is 18.0 Å². The molecule has 7 aromatic rings. The molecule has 2 atom stereocenters. The molecule has 48 heavy (non-hydrogen) atoms. The highest BCUT2D eigenvalue weighted by Crippen LogP contribution is 2.36. The van der Waals surface area contributed by atoms with Gasteiger partial charge in [-0.2, -0.15) is 0 Å². The van der Waals surface area contributed by atoms with E-state index in [4.69, 9.17) is 24.1 Å². The van der Waals surface area contributed by atoms with Gasteiger partial charge in [-0.15, -0.1) is 0 Å². The molecule has 0 spiro atoms. The molecule has 0 saturated heterocycles. The van der Waals surface area contributed by atoms with Crippen LogP contribution in [0.15, 0.2) is 79.1 Å². The van der Waals surface area contributed by atoms with Crippen molar-refractivity contribution in [3.8, 4) is 17.5 Å². The molecule has 0 aliphatic heterocycles. The number of nitrogens with zero attached hydrogens (tertiary/aromatic N) is 2. The standard InChI is InChI=1S/C37H32N4O7/c1-5-25-33-27-16-23(12-14-29(27)41-31(33)18-39-35(25)47-36(42)43)21(4)46-37(44)48-34-19(2)32-26-15-22(11-13-28(26)40-30(32)17-38-34)20(3)45-24-9-7-6-8-10-24/h6-18,20-21,40-41H,5H2,1-4H3,(H,42,43). The molecule has 4 heterocycles. The van der Waals surface area contributed by atoms with E-state index in [2.05, 4.69) is 26.0 Å². The van der Waals surface area contributed by atoms with Gasteiger partial charge in [0, 0.05) is 43.7 Å². The minimum atomic E-state index is -1.43. The first-order chi connectivity index (χ1) is 23.2. The molecule has 0 aliphatic rings. The van der Waals surface area contributed by atoms with Gasteiger partial charge in [-0.1, -0.05) is 37.3 Å². The van der Waals surface area contributed by atoms with Crippen LogP contribution >= 0.6 is 0 Å². The molecule has 242 valence electrons. The van der Waals surface area contributed by atoms with E-state index >= 15 is 0 Å². The summed E-state index contributed by atoms with van der Waals surface area (Å²) in [5.41, 5.74) is 6.37. The quantitative estimate of drug-likeness (QED) is 0.138. The highest BCUT2D eigenvalue weighted by Gasteiger charge is 2.21. The van der Waals surface area contributed by atoms with E-state index < -0.39 is 18.4 Å². The van der Waals surface area contributed by atoms with Crippen LogP contribution in [0.25, 0.3) is 43.6 Å². The number of nitrogens with one attached hydrogen (secondary N) is 2. The number of pyridine rings is 2. The van der Waals surface area contributed by atoms with Crippen molar-refractivity contribution in [2.75, 3.05) is 0 Å². The maximum atomic E-state index is 13.1. The van der Waals surface area contributed by atoms with Crippen LogP contribution in [0, 0.1) is 6.92 Å². The Morgan fingerprint density at radius 3 is 2.02 bits per heavy atom. The first-order valence-corrected chi connectivity index (χ1v) is 15.5. The van der Waals surface area contributed by atoms with E-state index in [1.807, 2.05) is 81.4 Å². The summed E-state index contributed by atoms with van der Waals surface area (Å²) in [6.45, 7) is 7.52. The van der Waals surface area contributed by atoms with Crippen molar-refractivity contribution in [3.63, 3.8) is 0 Å². The lowest BCUT2D eigenvalue weighted by atomic mass is 10.0. The molecule has 2 unspecified atom stereocenters. The van der Waals surface area contributed by atoms with Crippen LogP contribution in [0.1, 0.15) is 55.2 Å². The fourth-order valence-electron chi connectivity index (χ4n) is 6.21. The predicted octanol–water partition coefficient (Wildman–Crippen LogP) is 9.09. The normalized spacial score (nSPS) is 12.8. The number of ether oxygens (including phenoxy) is 4. The molecular formula is C37H32N4O7. The third-order valence-electron chi connectivity index (χ3n) is 8.57. The molecule has 3 aromatic carbocycles. The minimum absolute atomic E-state index is 0.0398. The molecule has 3 N–H and O–H groups in total. The van der Waals surface area contributed by atoms with Crippen LogP contribution in [0.3, 0.4) is 0 Å². The second-order valence-corrected chi connectivity index (χ2v) is 11.6. The summed E-state index contributed by atoms with van der Waals surface area (Å²) in [4.78, 5) is 39.6. The average Bonchev–Trinajstić information content (AvgIpc) is 3.64. The summed E-state index contributed by atoms with van der Waals surface area (Å²) in [6, 6.07) is 21.4. The van der Waals surface area contributed by atoms with Gasteiger partial charge >= 0.3 is 12.3 Å². The number of para-hydroxylation sites is 1. The molecule has 0 amide bonds. The first kappa shape index (κ1) is 30.5. The third-order valence-corrected chi connectivity index (χ3v) is 8.57. The number of aryl methyl sites for hydroxylation is 2. The largest absolute Gasteiger partial charge is 0.515 e. The Morgan fingerprint density at radius 1 is 0.771 bits per heavy atom. The summed E-state index contributed by atoms with van der Waals surface area (Å²) in [6.07, 6.45) is 0.507. The molecule has 0 bridgehead atoms. The predicted molar refractivity (Wildman–Crippen MR) is 181 cm³/mol. The van der Waals surface area contributed by atoms with E-state index in [1.165, 1.54) is 0 Å². The molecule has 0 radical (unpaired) electrons. The summed E-state index contributed by atoms with van der Waals surface area (Å²) in [7, 11) is 0. The Bertz CT molecular complexity index is 2350. The topological polar surface area (TPSA) is 149 Å². The number of carbonyl (C=O) groups is 2. The van der Waals surface area contributed by atoms with E-state index in [0.717, 1.165) is 60.5 Å². The molecule has 0 fully saturated rings. The number of benzene rings is 3. The van der Waals surface area contributed by atoms with Crippen molar-refractivity contribution in [1.29, 1.82) is 0 Å². The fourth-order valence-corrected chi connectivity index (χ4v) is 6.21. The lowest BCUT2D eigenvalue weighted by Gasteiger charge is -2.15. The van der Waals surface area contributed by atoms with Crippen molar-refractivity contribution < 1.29 is 33.6 Å². The molecule has 0 saturated carbocycles. The Morgan fingerprint density at radius 2 is 1.38 bits per heavy atom. The van der Waals surface area contributed by atoms with Gasteiger partial charge < -0.3 is 34.0 Å². The van der Waals surface area contributed by atoms with Gasteiger partial charge in [0.25, 0.3) is 0 Å². The fraction of sp³-hybridized carbons (Fsp3) is 0.189. The number of carboxylic acid groups (broad SMARTS) is 1. The van der Waals surface area contributed by atoms with Gasteiger partial charge in [-0.25, -0.2) is 19.6 Å². The molecule has 4 aromatic heterocycles. The van der Waals surface area contributed by atoms with Crippen molar-refractivity contribution >= 4 is 55.9 Å². The summed E-state index contributed by atoms with van der Waals surface area (Å²) < 4.78 is 22.4. The van der Waals surface area contributed by atoms with Crippen LogP contribution in [0.2, 0.25) is 0 Å². The zero-order chi connectivity index (χ0) is 33.5. The van der Waals surface area contributed by atoms with Gasteiger partial charge in [0.15, 0.2) is 0 Å². The van der Waals surface area contributed by atoms with Crippen molar-refractivity contribution in [3.05, 3.63) is 101 Å². The SMILES string of the molecule is CCc1c(OC(=O)O)ncc2[nH]c3ccc(C(C)OC(=O)Oc4ncc5[nH]c6ccc(C(C)Oc7ccccc7)cc6c5c4C)cc3c12. The zero-order valence-electron chi connectivity index (χ0n) is 26.7. The Balaban J connectivity index is 1.13. The number of fused-ring (bicyclic) bond motifs is 6. The second kappa shape index (κ2) is 12.3. The highest BCUT2D eigenvalue weighted by molar-refractivity contribution is 6.10. The van der Waals surface area contributed by atoms with Gasteiger partial charge in [-0.05, 0) is 74.7 Å². The maximum Gasteiger partial charge on any atom is 0.515 e. The summed E-state index contributed by atoms with van der Waals surface area (Å²) >= 11 is 0. The third kappa shape index (κ3) is 5.59. The van der Waals surface area contributed by atoms with Crippen molar-refractivity contribution in [2.45, 2.75) is 46.3 Å². The number of aromatic amines is 2. The number of rotatable bonds is 8. The molecule has 0 aliphatic carbocycles. The highest BCUT2D eigenvalue weighted by atomic mass is 16.7. The monoisotopic (exact) mass is 644 g/mol. The zero-order valence-corrected chi connectivity index (χ0v) is 26.7. The van der Waals surface area contributed by atoms with E-state index in [9.17, 15) is 9.59 Å². The van der Waals surface area contributed by atoms with E-state index in [0.29, 0.717) is 17.5 Å². The maximum absolute atomic E-state index is 13.1. The number of aromatic nitrogens is 4. The van der Waals surface area contributed by atoms with Crippen molar-refractivity contribution in [2.24, 2.45) is 0 Å². The molecule has 7 rings (SSSR count). The number of hydrogen-bond acceptors (Lipinski definition) is 8.